The van der Waals surface area contributed by atoms with Crippen molar-refractivity contribution in [1.29, 1.82) is 0 Å². The van der Waals surface area contributed by atoms with Crippen LogP contribution in [0.4, 0.5) is 5.95 Å². The lowest BCUT2D eigenvalue weighted by molar-refractivity contribution is -0.148. The first-order chi connectivity index (χ1) is 11.8. The molecule has 25 heavy (non-hydrogen) atoms. The molecule has 4 N–H and O–H groups in total. The second-order valence-corrected chi connectivity index (χ2v) is 7.24. The third-order valence-electron chi connectivity index (χ3n) is 5.54. The number of carboxylic acid groups (broad SMARTS) is 1. The molecule has 0 aliphatic carbocycles. The molecule has 8 heteroatoms. The van der Waals surface area contributed by atoms with Gasteiger partial charge in [-0.3, -0.25) is 4.79 Å². The van der Waals surface area contributed by atoms with Crippen molar-refractivity contribution in [3.63, 3.8) is 0 Å². The van der Waals surface area contributed by atoms with Crippen LogP contribution < -0.4 is 11.1 Å². The number of nitrogen functional groups attached to an aromatic ring is 1. The van der Waals surface area contributed by atoms with E-state index >= 15 is 0 Å². The molecule has 1 spiro atoms. The Morgan fingerprint density at radius 3 is 2.44 bits per heavy atom. The number of rotatable bonds is 3. The van der Waals surface area contributed by atoms with Gasteiger partial charge >= 0.3 is 5.97 Å². The molecule has 1 atom stereocenters. The van der Waals surface area contributed by atoms with Crippen molar-refractivity contribution in [2.75, 3.05) is 25.4 Å². The maximum absolute atomic E-state index is 12.9. The second-order valence-electron chi connectivity index (χ2n) is 7.24. The van der Waals surface area contributed by atoms with E-state index in [1.807, 2.05) is 0 Å². The Morgan fingerprint density at radius 2 is 1.88 bits per heavy atom. The number of carboxylic acids is 1. The summed E-state index contributed by atoms with van der Waals surface area (Å²) >= 11 is 0. The number of aliphatic carboxylic acids is 1. The van der Waals surface area contributed by atoms with Crippen LogP contribution in [0.15, 0.2) is 0 Å². The Bertz CT molecular complexity index is 677. The minimum Gasteiger partial charge on any atom is -0.480 e. The number of nitrogens with zero attached hydrogens (tertiary/aromatic N) is 3. The summed E-state index contributed by atoms with van der Waals surface area (Å²) in [6.07, 6.45) is 2.45. The average Bonchev–Trinajstić information content (AvgIpc) is 2.91. The van der Waals surface area contributed by atoms with Crippen molar-refractivity contribution in [1.82, 2.24) is 20.2 Å². The zero-order chi connectivity index (χ0) is 18.2. The number of nitrogens with two attached hydrogens (primary N) is 1. The Morgan fingerprint density at radius 1 is 1.28 bits per heavy atom. The normalized spacial score (nSPS) is 22.3. The van der Waals surface area contributed by atoms with E-state index in [4.69, 9.17) is 5.73 Å². The number of anilines is 1. The first-order valence-electron chi connectivity index (χ1n) is 8.64. The summed E-state index contributed by atoms with van der Waals surface area (Å²) in [5.74, 6) is -0.919. The zero-order valence-corrected chi connectivity index (χ0v) is 14.7. The fourth-order valence-electron chi connectivity index (χ4n) is 4.13. The number of aryl methyl sites for hydroxylation is 2. The van der Waals surface area contributed by atoms with Crippen LogP contribution in [0.1, 0.15) is 36.2 Å². The molecule has 0 saturated carbocycles. The van der Waals surface area contributed by atoms with Crippen LogP contribution in [0, 0.1) is 19.3 Å². The highest BCUT2D eigenvalue weighted by atomic mass is 16.4. The van der Waals surface area contributed by atoms with Crippen molar-refractivity contribution in [2.45, 2.75) is 45.6 Å². The summed E-state index contributed by atoms with van der Waals surface area (Å²) in [6, 6.07) is -0.749. The van der Waals surface area contributed by atoms with Crippen LogP contribution in [-0.2, 0) is 16.0 Å². The summed E-state index contributed by atoms with van der Waals surface area (Å²) in [6.45, 7) is 5.84. The minimum atomic E-state index is -0.925. The average molecular weight is 347 g/mol. The first kappa shape index (κ1) is 17.6. The molecule has 0 radical (unpaired) electrons. The van der Waals surface area contributed by atoms with Gasteiger partial charge in [0.1, 0.15) is 6.04 Å². The fourth-order valence-corrected chi connectivity index (χ4v) is 4.13. The quantitative estimate of drug-likeness (QED) is 0.717. The number of amides is 1. The summed E-state index contributed by atoms with van der Waals surface area (Å²) in [5.41, 5.74) is 7.62. The van der Waals surface area contributed by atoms with Crippen LogP contribution in [0.2, 0.25) is 0 Å². The van der Waals surface area contributed by atoms with E-state index in [0.29, 0.717) is 24.4 Å². The van der Waals surface area contributed by atoms with E-state index < -0.39 is 12.0 Å². The number of carbonyl (C=O) groups is 2. The van der Waals surface area contributed by atoms with Gasteiger partial charge in [-0.1, -0.05) is 0 Å². The smallest absolute Gasteiger partial charge is 0.326 e. The number of hydrogen-bond acceptors (Lipinski definition) is 6. The molecule has 2 fully saturated rings. The van der Waals surface area contributed by atoms with Gasteiger partial charge in [-0.2, -0.15) is 0 Å². The van der Waals surface area contributed by atoms with Crippen LogP contribution in [-0.4, -0.2) is 57.5 Å². The van der Waals surface area contributed by atoms with Crippen LogP contribution in [0.3, 0.4) is 0 Å². The molecule has 2 saturated heterocycles. The molecular weight excluding hydrogens is 322 g/mol. The van der Waals surface area contributed by atoms with Crippen LogP contribution in [0.25, 0.3) is 0 Å². The SMILES string of the molecule is Cc1nc(N)nc(C)c1CC(=O)N1CC2(CCNCC2)C[C@H]1C(=O)O. The lowest BCUT2D eigenvalue weighted by Crippen LogP contribution is -2.42. The third kappa shape index (κ3) is 3.44. The number of hydrogen-bond donors (Lipinski definition) is 3. The molecule has 136 valence electrons. The van der Waals surface area contributed by atoms with Gasteiger partial charge < -0.3 is 21.1 Å². The van der Waals surface area contributed by atoms with Crippen molar-refractivity contribution in [2.24, 2.45) is 5.41 Å². The highest BCUT2D eigenvalue weighted by Gasteiger charge is 2.48. The van der Waals surface area contributed by atoms with Gasteiger partial charge in [-0.05, 0) is 51.6 Å². The summed E-state index contributed by atoms with van der Waals surface area (Å²) in [7, 11) is 0. The summed E-state index contributed by atoms with van der Waals surface area (Å²) in [5, 5.41) is 12.9. The Kier molecular flexibility index (Phi) is 4.64. The molecule has 8 nitrogen and oxygen atoms in total. The molecule has 0 bridgehead atoms. The maximum atomic E-state index is 12.9. The third-order valence-corrected chi connectivity index (χ3v) is 5.54. The standard InChI is InChI=1S/C17H25N5O3/c1-10-12(11(2)21-16(18)20-10)7-14(23)22-9-17(3-5-19-6-4-17)8-13(22)15(24)25/h13,19H,3-9H2,1-2H3,(H,24,25)(H2,18,20,21)/t13-/m0/s1. The molecular formula is C17H25N5O3. The van der Waals surface area contributed by atoms with Crippen LogP contribution in [0.5, 0.6) is 0 Å². The molecule has 1 amide bonds. The van der Waals surface area contributed by atoms with Crippen molar-refractivity contribution >= 4 is 17.8 Å². The monoisotopic (exact) mass is 347 g/mol. The topological polar surface area (TPSA) is 121 Å². The molecule has 1 aromatic heterocycles. The number of piperidine rings is 1. The largest absolute Gasteiger partial charge is 0.480 e. The fraction of sp³-hybridized carbons (Fsp3) is 0.647. The van der Waals surface area contributed by atoms with Gasteiger partial charge in [0.2, 0.25) is 11.9 Å². The van der Waals surface area contributed by atoms with E-state index in [9.17, 15) is 14.7 Å². The van der Waals surface area contributed by atoms with Gasteiger partial charge in [0.25, 0.3) is 0 Å². The molecule has 2 aliphatic rings. The van der Waals surface area contributed by atoms with Gasteiger partial charge in [0.05, 0.1) is 6.42 Å². The molecule has 0 unspecified atom stereocenters. The molecule has 3 heterocycles. The van der Waals surface area contributed by atoms with Gasteiger partial charge in [0.15, 0.2) is 0 Å². The zero-order valence-electron chi connectivity index (χ0n) is 14.7. The Hall–Kier alpha value is -2.22. The van der Waals surface area contributed by atoms with Crippen molar-refractivity contribution < 1.29 is 14.7 Å². The lowest BCUT2D eigenvalue weighted by atomic mass is 9.77. The highest BCUT2D eigenvalue weighted by molar-refractivity contribution is 5.86. The van der Waals surface area contributed by atoms with Crippen LogP contribution >= 0.6 is 0 Å². The lowest BCUT2D eigenvalue weighted by Gasteiger charge is -2.33. The Balaban J connectivity index is 1.81. The van der Waals surface area contributed by atoms with E-state index in [-0.39, 0.29) is 23.7 Å². The van der Waals surface area contributed by atoms with E-state index in [0.717, 1.165) is 31.5 Å². The van der Waals surface area contributed by atoms with E-state index in [2.05, 4.69) is 15.3 Å². The number of nitrogens with one attached hydrogen (secondary N) is 1. The predicted octanol–water partition coefficient (Wildman–Crippen LogP) is 0.273. The first-order valence-corrected chi connectivity index (χ1v) is 8.64. The second kappa shape index (κ2) is 6.59. The Labute approximate surface area is 146 Å². The predicted molar refractivity (Wildman–Crippen MR) is 91.9 cm³/mol. The van der Waals surface area contributed by atoms with Gasteiger partial charge in [0, 0.05) is 23.5 Å². The number of carbonyl (C=O) groups excluding carboxylic acids is 1. The molecule has 1 aromatic rings. The van der Waals surface area contributed by atoms with Gasteiger partial charge in [-0.25, -0.2) is 14.8 Å². The van der Waals surface area contributed by atoms with Gasteiger partial charge in [-0.15, -0.1) is 0 Å². The van der Waals surface area contributed by atoms with E-state index in [1.54, 1.807) is 18.7 Å². The minimum absolute atomic E-state index is 0.0777. The highest BCUT2D eigenvalue weighted by Crippen LogP contribution is 2.42. The van der Waals surface area contributed by atoms with Crippen molar-refractivity contribution in [3.8, 4) is 0 Å². The molecule has 3 rings (SSSR count). The summed E-state index contributed by atoms with van der Waals surface area (Å²) in [4.78, 5) is 34.4. The molecule has 0 aromatic carbocycles. The summed E-state index contributed by atoms with van der Waals surface area (Å²) < 4.78 is 0. The number of likely N-dealkylation sites (tertiary alicyclic amines) is 1. The van der Waals surface area contributed by atoms with Crippen molar-refractivity contribution in [3.05, 3.63) is 17.0 Å². The molecule has 2 aliphatic heterocycles. The van der Waals surface area contributed by atoms with E-state index in [1.165, 1.54) is 0 Å². The maximum Gasteiger partial charge on any atom is 0.326 e. The number of aromatic nitrogens is 2.